The van der Waals surface area contributed by atoms with Crippen molar-refractivity contribution in [3.63, 3.8) is 0 Å². The van der Waals surface area contributed by atoms with E-state index in [0.29, 0.717) is 5.92 Å². The third kappa shape index (κ3) is 3.06. The number of carboxylic acid groups (broad SMARTS) is 2. The molecule has 1 amide bonds. The summed E-state index contributed by atoms with van der Waals surface area (Å²) in [5.41, 5.74) is 5.79. The summed E-state index contributed by atoms with van der Waals surface area (Å²) in [5.74, 6) is -2.14. The lowest BCUT2D eigenvalue weighted by atomic mass is 9.81. The number of rotatable bonds is 6. The van der Waals surface area contributed by atoms with Crippen molar-refractivity contribution in [2.24, 2.45) is 23.0 Å². The first-order valence-electron chi connectivity index (χ1n) is 8.09. The molecule has 0 aromatic heterocycles. The number of hydrogen-bond donors (Lipinski definition) is 3. The van der Waals surface area contributed by atoms with Gasteiger partial charge in [-0.15, -0.1) is 0 Å². The number of carbonyl (C=O) groups excluding carboxylic acids is 1. The van der Waals surface area contributed by atoms with Crippen LogP contribution in [0.3, 0.4) is 0 Å². The van der Waals surface area contributed by atoms with E-state index < -0.39 is 36.4 Å². The third-order valence-corrected chi connectivity index (χ3v) is 5.92. The number of carboxylic acids is 2. The number of amides is 1. The summed E-state index contributed by atoms with van der Waals surface area (Å²) in [6.45, 7) is 5.80. The molecular formula is C16H26N2O5. The first-order chi connectivity index (χ1) is 10.6. The molecule has 0 saturated heterocycles. The molecule has 5 atom stereocenters. The monoisotopic (exact) mass is 326 g/mol. The predicted molar refractivity (Wildman–Crippen MR) is 82.6 cm³/mol. The van der Waals surface area contributed by atoms with Crippen LogP contribution in [0.5, 0.6) is 0 Å². The van der Waals surface area contributed by atoms with Crippen LogP contribution < -0.4 is 5.73 Å². The van der Waals surface area contributed by atoms with Gasteiger partial charge in [0.25, 0.3) is 0 Å². The molecule has 0 aliphatic heterocycles. The van der Waals surface area contributed by atoms with Crippen molar-refractivity contribution in [1.82, 2.24) is 4.90 Å². The van der Waals surface area contributed by atoms with Crippen LogP contribution in [0.15, 0.2) is 0 Å². The van der Waals surface area contributed by atoms with Crippen molar-refractivity contribution in [1.29, 1.82) is 0 Å². The van der Waals surface area contributed by atoms with Crippen LogP contribution in [0, 0.1) is 17.3 Å². The zero-order valence-corrected chi connectivity index (χ0v) is 13.9. The van der Waals surface area contributed by atoms with Gasteiger partial charge in [0.15, 0.2) is 0 Å². The fourth-order valence-corrected chi connectivity index (χ4v) is 4.53. The lowest BCUT2D eigenvalue weighted by Gasteiger charge is -2.39. The second-order valence-corrected chi connectivity index (χ2v) is 7.47. The van der Waals surface area contributed by atoms with E-state index in [0.717, 1.165) is 19.3 Å². The molecule has 23 heavy (non-hydrogen) atoms. The number of carbonyl (C=O) groups is 3. The van der Waals surface area contributed by atoms with Crippen molar-refractivity contribution in [2.45, 2.75) is 64.6 Å². The Kier molecular flexibility index (Phi) is 4.71. The van der Waals surface area contributed by atoms with Crippen LogP contribution in [0.4, 0.5) is 0 Å². The molecular weight excluding hydrogens is 300 g/mol. The second kappa shape index (κ2) is 6.11. The minimum atomic E-state index is -1.21. The first-order valence-corrected chi connectivity index (χ1v) is 8.09. The highest BCUT2D eigenvalue weighted by molar-refractivity contribution is 5.89. The average molecular weight is 326 g/mol. The smallest absolute Gasteiger partial charge is 0.326 e. The molecule has 2 unspecified atom stereocenters. The molecule has 2 rings (SSSR count). The molecule has 2 fully saturated rings. The molecule has 2 aliphatic carbocycles. The maximum atomic E-state index is 12.7. The third-order valence-electron chi connectivity index (χ3n) is 5.92. The van der Waals surface area contributed by atoms with Gasteiger partial charge in [-0.25, -0.2) is 4.79 Å². The molecule has 2 saturated carbocycles. The van der Waals surface area contributed by atoms with Crippen LogP contribution in [-0.2, 0) is 14.4 Å². The Hall–Kier alpha value is -1.63. The SMILES string of the molecule is C[C@@H](C(=O)O)N(C(=O)[C@@H](N)CC(=O)O)[C@@H]1CC2CCC1C2(C)C. The topological polar surface area (TPSA) is 121 Å². The standard InChI is InChI=1S/C16H26N2O5/c1-8(15(22)23)18(14(21)11(17)7-13(19)20)12-6-9-4-5-10(12)16(9,2)3/h8-12H,4-7,17H2,1-3H3,(H,19,20)(H,22,23)/t8-,9?,10?,11-,12+/m0/s1. The van der Waals surface area contributed by atoms with Crippen molar-refractivity contribution in [2.75, 3.05) is 0 Å². The van der Waals surface area contributed by atoms with Crippen LogP contribution in [0.1, 0.15) is 46.5 Å². The van der Waals surface area contributed by atoms with E-state index >= 15 is 0 Å². The molecule has 2 bridgehead atoms. The summed E-state index contributed by atoms with van der Waals surface area (Å²) in [6, 6.07) is -2.40. The highest BCUT2D eigenvalue weighted by Crippen LogP contribution is 2.59. The van der Waals surface area contributed by atoms with Crippen molar-refractivity contribution in [3.05, 3.63) is 0 Å². The molecule has 7 nitrogen and oxygen atoms in total. The fraction of sp³-hybridized carbons (Fsp3) is 0.812. The molecule has 0 radical (unpaired) electrons. The molecule has 0 aromatic carbocycles. The molecule has 7 heteroatoms. The average Bonchev–Trinajstić information content (AvgIpc) is 2.86. The lowest BCUT2D eigenvalue weighted by Crippen LogP contribution is -2.57. The predicted octanol–water partition coefficient (Wildman–Crippen LogP) is 0.915. The summed E-state index contributed by atoms with van der Waals surface area (Å²) in [4.78, 5) is 36.3. The van der Waals surface area contributed by atoms with Gasteiger partial charge in [0, 0.05) is 6.04 Å². The number of nitrogens with zero attached hydrogens (tertiary/aromatic N) is 1. The van der Waals surface area contributed by atoms with Gasteiger partial charge < -0.3 is 20.8 Å². The van der Waals surface area contributed by atoms with E-state index in [1.165, 1.54) is 11.8 Å². The van der Waals surface area contributed by atoms with Crippen LogP contribution in [0.2, 0.25) is 0 Å². The van der Waals surface area contributed by atoms with Crippen LogP contribution in [0.25, 0.3) is 0 Å². The highest BCUT2D eigenvalue weighted by Gasteiger charge is 2.56. The molecule has 130 valence electrons. The number of nitrogens with two attached hydrogens (primary N) is 1. The van der Waals surface area contributed by atoms with Gasteiger partial charge in [-0.2, -0.15) is 0 Å². The number of aliphatic carboxylic acids is 2. The largest absolute Gasteiger partial charge is 0.481 e. The van der Waals surface area contributed by atoms with Crippen LogP contribution >= 0.6 is 0 Å². The molecule has 0 aromatic rings. The van der Waals surface area contributed by atoms with Gasteiger partial charge in [0.2, 0.25) is 5.91 Å². The quantitative estimate of drug-likeness (QED) is 0.667. The summed E-state index contributed by atoms with van der Waals surface area (Å²) in [7, 11) is 0. The maximum absolute atomic E-state index is 12.7. The van der Waals surface area contributed by atoms with Gasteiger partial charge in [-0.1, -0.05) is 13.8 Å². The van der Waals surface area contributed by atoms with E-state index in [2.05, 4.69) is 13.8 Å². The summed E-state index contributed by atoms with van der Waals surface area (Å²) in [6.07, 6.45) is 2.33. The summed E-state index contributed by atoms with van der Waals surface area (Å²) < 4.78 is 0. The van der Waals surface area contributed by atoms with E-state index in [1.807, 2.05) is 0 Å². The highest BCUT2D eigenvalue weighted by atomic mass is 16.4. The van der Waals surface area contributed by atoms with Gasteiger partial charge in [-0.3, -0.25) is 9.59 Å². The van der Waals surface area contributed by atoms with E-state index in [4.69, 9.17) is 10.8 Å². The minimum Gasteiger partial charge on any atom is -0.481 e. The Bertz CT molecular complexity index is 519. The molecule has 2 aliphatic rings. The number of hydrogen-bond acceptors (Lipinski definition) is 4. The van der Waals surface area contributed by atoms with Crippen molar-refractivity contribution >= 4 is 17.8 Å². The maximum Gasteiger partial charge on any atom is 0.326 e. The number of fused-ring (bicyclic) bond motifs is 2. The Labute approximate surface area is 135 Å². The van der Waals surface area contributed by atoms with Crippen molar-refractivity contribution in [3.8, 4) is 0 Å². The Morgan fingerprint density at radius 3 is 2.26 bits per heavy atom. The minimum absolute atomic E-state index is 0.0678. The Balaban J connectivity index is 2.27. The summed E-state index contributed by atoms with van der Waals surface area (Å²) >= 11 is 0. The second-order valence-electron chi connectivity index (χ2n) is 7.47. The van der Waals surface area contributed by atoms with E-state index in [-0.39, 0.29) is 17.4 Å². The first kappa shape index (κ1) is 17.7. The van der Waals surface area contributed by atoms with Gasteiger partial charge in [0.1, 0.15) is 6.04 Å². The van der Waals surface area contributed by atoms with Crippen LogP contribution in [-0.4, -0.2) is 51.1 Å². The molecule has 0 spiro atoms. The van der Waals surface area contributed by atoms with Crippen molar-refractivity contribution < 1.29 is 24.6 Å². The van der Waals surface area contributed by atoms with E-state index in [1.54, 1.807) is 0 Å². The lowest BCUT2D eigenvalue weighted by molar-refractivity contribution is -0.154. The zero-order chi connectivity index (χ0) is 17.5. The van der Waals surface area contributed by atoms with E-state index in [9.17, 15) is 19.5 Å². The summed E-state index contributed by atoms with van der Waals surface area (Å²) in [5, 5.41) is 18.2. The Morgan fingerprint density at radius 2 is 1.87 bits per heavy atom. The normalized spacial score (nSPS) is 30.7. The molecule has 4 N–H and O–H groups in total. The molecule has 0 heterocycles. The fourth-order valence-electron chi connectivity index (χ4n) is 4.53. The van der Waals surface area contributed by atoms with Gasteiger partial charge >= 0.3 is 11.9 Å². The van der Waals surface area contributed by atoms with Gasteiger partial charge in [0.05, 0.1) is 12.5 Å². The van der Waals surface area contributed by atoms with Gasteiger partial charge in [-0.05, 0) is 43.4 Å². The Morgan fingerprint density at radius 1 is 1.26 bits per heavy atom. The zero-order valence-electron chi connectivity index (χ0n) is 13.9.